The van der Waals surface area contributed by atoms with Crippen LogP contribution in [0, 0.1) is 11.7 Å². The first-order valence-corrected chi connectivity index (χ1v) is 11.4. The number of para-hydroxylation sites is 2. The maximum Gasteiger partial charge on any atom is 0.253 e. The van der Waals surface area contributed by atoms with Crippen LogP contribution >= 0.6 is 0 Å². The largest absolute Gasteiger partial charge is 0.357 e. The molecule has 2 amide bonds. The van der Waals surface area contributed by atoms with Gasteiger partial charge in [0.25, 0.3) is 5.91 Å². The standard InChI is InChI=1S/C25H26FN5O2/c1-29-13-5-15-31(23-22(29)27-20-7-2-3-8-21(20)28-23)25(33)18-6-4-14-30(16-18)24(32)17-9-11-19(26)12-10-17/h2-3,7-12,18H,4-6,13-16H2,1H3/t18-/m0/s1. The Morgan fingerprint density at radius 1 is 0.909 bits per heavy atom. The van der Waals surface area contributed by atoms with Gasteiger partial charge in [0, 0.05) is 38.8 Å². The normalized spacial score (nSPS) is 18.7. The molecular weight excluding hydrogens is 421 g/mol. The number of anilines is 2. The van der Waals surface area contributed by atoms with Gasteiger partial charge >= 0.3 is 0 Å². The first-order valence-electron chi connectivity index (χ1n) is 11.4. The maximum absolute atomic E-state index is 13.7. The lowest BCUT2D eigenvalue weighted by atomic mass is 9.95. The number of fused-ring (bicyclic) bond motifs is 2. The first-order chi connectivity index (χ1) is 16.0. The summed E-state index contributed by atoms with van der Waals surface area (Å²) in [7, 11) is 1.97. The highest BCUT2D eigenvalue weighted by Crippen LogP contribution is 2.32. The Morgan fingerprint density at radius 2 is 1.61 bits per heavy atom. The molecule has 3 heterocycles. The predicted molar refractivity (Wildman–Crippen MR) is 125 cm³/mol. The molecule has 33 heavy (non-hydrogen) atoms. The van der Waals surface area contributed by atoms with Crippen LogP contribution in [0.3, 0.4) is 0 Å². The fraction of sp³-hybridized carbons (Fsp3) is 0.360. The Bertz CT molecular complexity index is 1200. The lowest BCUT2D eigenvalue weighted by Crippen LogP contribution is -2.47. The SMILES string of the molecule is CN1CCCN(C(=O)[C@H]2CCCN(C(=O)c3ccc(F)cc3)C2)c2nc3ccccc3nc21. The number of carbonyl (C=O) groups excluding carboxylic acids is 2. The second-order valence-electron chi connectivity index (χ2n) is 8.72. The Labute approximate surface area is 191 Å². The average Bonchev–Trinajstić information content (AvgIpc) is 3.01. The maximum atomic E-state index is 13.7. The topological polar surface area (TPSA) is 69.6 Å². The molecule has 1 saturated heterocycles. The van der Waals surface area contributed by atoms with Crippen LogP contribution in [-0.4, -0.2) is 59.9 Å². The summed E-state index contributed by atoms with van der Waals surface area (Å²) >= 11 is 0. The molecule has 0 bridgehead atoms. The summed E-state index contributed by atoms with van der Waals surface area (Å²) in [6.07, 6.45) is 2.27. The minimum Gasteiger partial charge on any atom is -0.357 e. The minimum atomic E-state index is -0.378. The highest BCUT2D eigenvalue weighted by atomic mass is 19.1. The third-order valence-corrected chi connectivity index (χ3v) is 6.44. The zero-order valence-corrected chi connectivity index (χ0v) is 18.6. The van der Waals surface area contributed by atoms with E-state index in [0.717, 1.165) is 30.4 Å². The van der Waals surface area contributed by atoms with E-state index in [4.69, 9.17) is 9.97 Å². The molecular formula is C25H26FN5O2. The quantitative estimate of drug-likeness (QED) is 0.602. The van der Waals surface area contributed by atoms with E-state index in [1.54, 1.807) is 9.80 Å². The van der Waals surface area contributed by atoms with Crippen LogP contribution < -0.4 is 9.80 Å². The molecule has 2 aliphatic heterocycles. The zero-order valence-electron chi connectivity index (χ0n) is 18.6. The minimum absolute atomic E-state index is 0.0206. The molecule has 3 aromatic rings. The lowest BCUT2D eigenvalue weighted by Gasteiger charge is -2.34. The van der Waals surface area contributed by atoms with Crippen molar-refractivity contribution >= 4 is 34.5 Å². The molecule has 7 nitrogen and oxygen atoms in total. The molecule has 170 valence electrons. The van der Waals surface area contributed by atoms with Gasteiger partial charge in [-0.15, -0.1) is 0 Å². The van der Waals surface area contributed by atoms with E-state index in [1.165, 1.54) is 24.3 Å². The molecule has 2 aliphatic rings. The van der Waals surface area contributed by atoms with Gasteiger partial charge in [-0.2, -0.15) is 0 Å². The molecule has 0 N–H and O–H groups in total. The van der Waals surface area contributed by atoms with E-state index >= 15 is 0 Å². The van der Waals surface area contributed by atoms with Crippen LogP contribution in [-0.2, 0) is 4.79 Å². The molecule has 0 unspecified atom stereocenters. The Balaban J connectivity index is 1.41. The van der Waals surface area contributed by atoms with E-state index in [0.29, 0.717) is 43.3 Å². The molecule has 0 spiro atoms. The van der Waals surface area contributed by atoms with Gasteiger partial charge in [0.05, 0.1) is 17.0 Å². The van der Waals surface area contributed by atoms with Crippen molar-refractivity contribution < 1.29 is 14.0 Å². The van der Waals surface area contributed by atoms with E-state index < -0.39 is 0 Å². The number of piperidine rings is 1. The van der Waals surface area contributed by atoms with Crippen LogP contribution in [0.25, 0.3) is 11.0 Å². The number of rotatable bonds is 2. The highest BCUT2D eigenvalue weighted by molar-refractivity contribution is 5.99. The molecule has 1 aromatic heterocycles. The van der Waals surface area contributed by atoms with E-state index in [-0.39, 0.29) is 23.5 Å². The summed E-state index contributed by atoms with van der Waals surface area (Å²) in [5, 5.41) is 0. The van der Waals surface area contributed by atoms with Crippen molar-refractivity contribution in [1.82, 2.24) is 14.9 Å². The number of amides is 2. The number of aromatic nitrogens is 2. The summed E-state index contributed by atoms with van der Waals surface area (Å²) in [4.78, 5) is 41.8. The van der Waals surface area contributed by atoms with Crippen LogP contribution in [0.5, 0.6) is 0 Å². The second kappa shape index (κ2) is 8.77. The van der Waals surface area contributed by atoms with Crippen molar-refractivity contribution in [3.63, 3.8) is 0 Å². The summed E-state index contributed by atoms with van der Waals surface area (Å²) in [6, 6.07) is 13.2. The Kier molecular flexibility index (Phi) is 5.66. The van der Waals surface area contributed by atoms with Crippen LogP contribution in [0.4, 0.5) is 16.0 Å². The first kappa shape index (κ1) is 21.3. The third-order valence-electron chi connectivity index (χ3n) is 6.44. The fourth-order valence-corrected chi connectivity index (χ4v) is 4.67. The van der Waals surface area contributed by atoms with Gasteiger partial charge in [-0.3, -0.25) is 14.5 Å². The second-order valence-corrected chi connectivity index (χ2v) is 8.72. The Morgan fingerprint density at radius 3 is 2.33 bits per heavy atom. The molecule has 0 saturated carbocycles. The van der Waals surface area contributed by atoms with Crippen molar-refractivity contribution in [2.45, 2.75) is 19.3 Å². The molecule has 0 aliphatic carbocycles. The van der Waals surface area contributed by atoms with Gasteiger partial charge in [-0.05, 0) is 55.7 Å². The summed E-state index contributed by atoms with van der Waals surface area (Å²) in [5.74, 6) is 0.404. The molecule has 8 heteroatoms. The number of likely N-dealkylation sites (tertiary alicyclic amines) is 1. The number of benzene rings is 2. The number of hydrogen-bond acceptors (Lipinski definition) is 5. The highest BCUT2D eigenvalue weighted by Gasteiger charge is 2.35. The van der Waals surface area contributed by atoms with E-state index in [1.807, 2.05) is 36.2 Å². The van der Waals surface area contributed by atoms with Gasteiger partial charge in [0.15, 0.2) is 11.6 Å². The number of nitrogens with zero attached hydrogens (tertiary/aromatic N) is 5. The Hall–Kier alpha value is -3.55. The number of halogens is 1. The van der Waals surface area contributed by atoms with Crippen molar-refractivity contribution in [3.8, 4) is 0 Å². The van der Waals surface area contributed by atoms with Crippen molar-refractivity contribution in [1.29, 1.82) is 0 Å². The fourth-order valence-electron chi connectivity index (χ4n) is 4.67. The predicted octanol–water partition coefficient (Wildman–Crippen LogP) is 3.49. The summed E-state index contributed by atoms with van der Waals surface area (Å²) < 4.78 is 13.3. The van der Waals surface area contributed by atoms with Gasteiger partial charge in [0.2, 0.25) is 5.91 Å². The lowest BCUT2D eigenvalue weighted by molar-refractivity contribution is -0.123. The van der Waals surface area contributed by atoms with Crippen LogP contribution in [0.1, 0.15) is 29.6 Å². The van der Waals surface area contributed by atoms with Crippen molar-refractivity contribution in [2.75, 3.05) is 43.0 Å². The number of hydrogen-bond donors (Lipinski definition) is 0. The molecule has 1 atom stereocenters. The van der Waals surface area contributed by atoms with Crippen LogP contribution in [0.15, 0.2) is 48.5 Å². The third kappa shape index (κ3) is 4.13. The number of carbonyl (C=O) groups is 2. The van der Waals surface area contributed by atoms with E-state index in [2.05, 4.69) is 0 Å². The molecule has 0 radical (unpaired) electrons. The van der Waals surface area contributed by atoms with Crippen LogP contribution in [0.2, 0.25) is 0 Å². The van der Waals surface area contributed by atoms with Crippen molar-refractivity contribution in [3.05, 3.63) is 59.9 Å². The molecule has 5 rings (SSSR count). The van der Waals surface area contributed by atoms with Crippen molar-refractivity contribution in [2.24, 2.45) is 5.92 Å². The van der Waals surface area contributed by atoms with Gasteiger partial charge in [0.1, 0.15) is 5.82 Å². The molecule has 1 fully saturated rings. The molecule has 2 aromatic carbocycles. The zero-order chi connectivity index (χ0) is 22.9. The van der Waals surface area contributed by atoms with E-state index in [9.17, 15) is 14.0 Å². The monoisotopic (exact) mass is 447 g/mol. The summed E-state index contributed by atoms with van der Waals surface area (Å²) in [5.41, 5.74) is 1.98. The smallest absolute Gasteiger partial charge is 0.253 e. The summed E-state index contributed by atoms with van der Waals surface area (Å²) in [6.45, 7) is 2.27. The van der Waals surface area contributed by atoms with Gasteiger partial charge < -0.3 is 9.80 Å². The van der Waals surface area contributed by atoms with Gasteiger partial charge in [-0.25, -0.2) is 14.4 Å². The van der Waals surface area contributed by atoms with Gasteiger partial charge in [-0.1, -0.05) is 12.1 Å². The average molecular weight is 448 g/mol.